The van der Waals surface area contributed by atoms with Crippen LogP contribution in [0, 0.1) is 0 Å². The molecule has 11 nitrogen and oxygen atoms in total. The molecule has 12 heteroatoms. The van der Waals surface area contributed by atoms with Crippen LogP contribution < -0.4 is 0 Å². The Labute approximate surface area is 446 Å². The summed E-state index contributed by atoms with van der Waals surface area (Å²) in [6.45, 7) is 2.48. The first-order valence-electron chi connectivity index (χ1n) is 25.3. The van der Waals surface area contributed by atoms with Gasteiger partial charge < -0.3 is 34.6 Å². The van der Waals surface area contributed by atoms with Crippen LogP contribution in [0.4, 0.5) is 0 Å². The van der Waals surface area contributed by atoms with Crippen LogP contribution in [0.2, 0.25) is 0 Å². The maximum absolute atomic E-state index is 5.42. The summed E-state index contributed by atoms with van der Waals surface area (Å²) in [5, 5.41) is 0. The Bertz CT molecular complexity index is 3950. The number of hydrogen-bond acceptors (Lipinski definition) is 7. The largest absolute Gasteiger partial charge is 0.377 e. The highest BCUT2D eigenvalue weighted by atomic mass is 35.5. The first kappa shape index (κ1) is 47.5. The zero-order valence-corrected chi connectivity index (χ0v) is 43.1. The van der Waals surface area contributed by atoms with Gasteiger partial charge in [0, 0.05) is 107 Å². The summed E-state index contributed by atoms with van der Waals surface area (Å²) < 4.78 is 0. The van der Waals surface area contributed by atoms with Gasteiger partial charge in [0.05, 0.1) is 45.6 Å². The van der Waals surface area contributed by atoms with Gasteiger partial charge in [-0.3, -0.25) is 0 Å². The Hall–Kier alpha value is -9.45. The van der Waals surface area contributed by atoms with Gasteiger partial charge >= 0.3 is 0 Å². The normalized spacial score (nSPS) is 15.1. The molecule has 4 N–H and O–H groups in total. The predicted molar refractivity (Wildman–Crippen MR) is 320 cm³/mol. The van der Waals surface area contributed by atoms with E-state index in [0.717, 1.165) is 154 Å². The molecule has 14 rings (SSSR count). The molecule has 0 fully saturated rings. The highest BCUT2D eigenvalue weighted by Crippen LogP contribution is 2.37. The van der Waals surface area contributed by atoms with Gasteiger partial charge in [0.15, 0.2) is 0 Å². The van der Waals surface area contributed by atoms with Crippen molar-refractivity contribution in [1.29, 1.82) is 0 Å². The second kappa shape index (κ2) is 20.1. The molecule has 0 amide bonds. The van der Waals surface area contributed by atoms with Crippen molar-refractivity contribution in [3.63, 3.8) is 0 Å². The number of benzene rings is 1. The quantitative estimate of drug-likeness (QED) is 0.138. The molecule has 16 bridgehead atoms. The van der Waals surface area contributed by atoms with E-state index in [4.69, 9.17) is 9.97 Å². The number of nitrogens with zero attached hydrogens (tertiary/aromatic N) is 7. The summed E-state index contributed by atoms with van der Waals surface area (Å²) in [6.07, 6.45) is 36.6. The third kappa shape index (κ3) is 9.63. The van der Waals surface area contributed by atoms with Gasteiger partial charge in [0.1, 0.15) is 0 Å². The molecule has 0 saturated heterocycles. The number of allylic oxidation sites excluding steroid dienone is 6. The average molecular weight is 1010 g/mol. The molecule has 0 saturated carbocycles. The van der Waals surface area contributed by atoms with E-state index in [0.29, 0.717) is 0 Å². The molecule has 372 valence electrons. The Balaban J connectivity index is 0.000000194. The minimum atomic E-state index is 0. The molecule has 6 aromatic heterocycles. The predicted octanol–water partition coefficient (Wildman–Crippen LogP) is 13.9. The molecule has 0 radical (unpaired) electrons. The molecule has 13 heterocycles. The SMILES string of the molecule is C1=Cc2cc3ccc(cc4nc(cc5ccc(cc1n2)[nH]5)C=C4)[nH]3.CN1C=CC(c2c3nc(c(C4=CCN(C)C=C4)c4ccc([nH]4)c(-c4ccccc4)c4nc(c(C5=CCN(C)C=C5)c5ccc2[nH]5)C=C4)C=C3)=CC1.Cl. The average Bonchev–Trinajstić information content (AvgIpc) is 4.31. The van der Waals surface area contributed by atoms with E-state index in [-0.39, 0.29) is 12.4 Å². The third-order valence-corrected chi connectivity index (χ3v) is 14.0. The minimum absolute atomic E-state index is 0. The van der Waals surface area contributed by atoms with Gasteiger partial charge in [-0.05, 0) is 181 Å². The van der Waals surface area contributed by atoms with Gasteiger partial charge in [0.2, 0.25) is 0 Å². The van der Waals surface area contributed by atoms with Gasteiger partial charge in [-0.2, -0.15) is 0 Å². The molecule has 1 aromatic carbocycles. The van der Waals surface area contributed by atoms with Crippen molar-refractivity contribution in [2.24, 2.45) is 0 Å². The first-order chi connectivity index (χ1) is 36.8. The lowest BCUT2D eigenvalue weighted by Crippen LogP contribution is -2.13. The summed E-state index contributed by atoms with van der Waals surface area (Å²) in [6, 6.07) is 35.7. The van der Waals surface area contributed by atoms with Gasteiger partial charge in [0.25, 0.3) is 0 Å². The van der Waals surface area contributed by atoms with E-state index < -0.39 is 0 Å². The van der Waals surface area contributed by atoms with Crippen LogP contribution >= 0.6 is 12.4 Å². The summed E-state index contributed by atoms with van der Waals surface area (Å²) in [7, 11) is 6.29. The number of aromatic amines is 4. The van der Waals surface area contributed by atoms with E-state index in [1.807, 2.05) is 48.6 Å². The molecule has 7 aromatic rings. The molecule has 0 unspecified atom stereocenters. The van der Waals surface area contributed by atoms with E-state index in [2.05, 4.69) is 224 Å². The van der Waals surface area contributed by atoms with E-state index in [1.165, 1.54) is 0 Å². The lowest BCUT2D eigenvalue weighted by Gasteiger charge is -2.18. The van der Waals surface area contributed by atoms with Crippen LogP contribution in [0.5, 0.6) is 0 Å². The summed E-state index contributed by atoms with van der Waals surface area (Å²) in [5.74, 6) is 0. The van der Waals surface area contributed by atoms with Crippen LogP contribution in [0.3, 0.4) is 0 Å². The van der Waals surface area contributed by atoms with Crippen LogP contribution in [-0.4, -0.2) is 95.3 Å². The number of halogens is 1. The Morgan fingerprint density at radius 2 is 0.671 bits per heavy atom. The summed E-state index contributed by atoms with van der Waals surface area (Å²) in [5.41, 5.74) is 24.4. The Kier molecular flexibility index (Phi) is 12.6. The Morgan fingerprint density at radius 3 is 1.00 bits per heavy atom. The molecular weight excluding hydrogens is 958 g/mol. The fourth-order valence-corrected chi connectivity index (χ4v) is 10.3. The Morgan fingerprint density at radius 1 is 0.342 bits per heavy atom. The molecule has 0 atom stereocenters. The van der Waals surface area contributed by atoms with Crippen molar-refractivity contribution < 1.29 is 0 Å². The number of likely N-dealkylation sites (N-methyl/N-ethyl adjacent to an activating group) is 3. The topological polar surface area (TPSA) is 124 Å². The molecular formula is C64H54ClN11. The maximum Gasteiger partial charge on any atom is 0.0737 e. The van der Waals surface area contributed by atoms with Crippen molar-refractivity contribution in [1.82, 2.24) is 54.6 Å². The highest BCUT2D eigenvalue weighted by molar-refractivity contribution is 5.99. The number of hydrogen-bond donors (Lipinski definition) is 4. The molecule has 76 heavy (non-hydrogen) atoms. The molecule has 0 aliphatic carbocycles. The number of fused-ring (bicyclic) bond motifs is 16. The van der Waals surface area contributed by atoms with E-state index in [9.17, 15) is 0 Å². The van der Waals surface area contributed by atoms with Gasteiger partial charge in [-0.15, -0.1) is 12.4 Å². The van der Waals surface area contributed by atoms with Crippen LogP contribution in [0.25, 0.3) is 121 Å². The van der Waals surface area contributed by atoms with Gasteiger partial charge in [-0.25, -0.2) is 19.9 Å². The fourth-order valence-electron chi connectivity index (χ4n) is 10.3. The lowest BCUT2D eigenvalue weighted by molar-refractivity contribution is 0.506. The van der Waals surface area contributed by atoms with Crippen molar-refractivity contribution in [3.8, 4) is 11.1 Å². The number of nitrogens with one attached hydrogen (secondary N) is 4. The lowest BCUT2D eigenvalue weighted by atomic mass is 10.0. The van der Waals surface area contributed by atoms with Crippen molar-refractivity contribution in [3.05, 3.63) is 220 Å². The standard InChI is InChI=1S/C44H39N7.C20H14N4.ClH/c1-49-23-17-30(18-24-49)42-35-11-9-33(45-35)41(29-7-5-4-6-8-29)34-10-12-36(46-34)43(31-19-25-50(2)26-20-31)38-14-16-40(48-38)44(39-15-13-37(42)47-39)32-21-27-51(3)28-22-32;1-2-14-10-16-5-6-18(23-16)12-20-8-7-19(24-20)11-17-4-3-15(22-17)9-13(1)21-14;/h4-23,25,27,45,48H,24,26,28H2,1-3H3;1-12,21,24H;1H. The zero-order chi connectivity index (χ0) is 50.4. The minimum Gasteiger partial charge on any atom is -0.377 e. The monoisotopic (exact) mass is 1010 g/mol. The first-order valence-corrected chi connectivity index (χ1v) is 25.3. The van der Waals surface area contributed by atoms with Crippen molar-refractivity contribution >= 4 is 122 Å². The second-order valence-electron chi connectivity index (χ2n) is 19.5. The van der Waals surface area contributed by atoms with Gasteiger partial charge in [-0.1, -0.05) is 48.6 Å². The van der Waals surface area contributed by atoms with E-state index >= 15 is 0 Å². The van der Waals surface area contributed by atoms with E-state index in [1.54, 1.807) is 0 Å². The van der Waals surface area contributed by atoms with Crippen LogP contribution in [0.15, 0.2) is 158 Å². The number of H-pyrrole nitrogens is 4. The summed E-state index contributed by atoms with van der Waals surface area (Å²) in [4.78, 5) is 41.1. The highest BCUT2D eigenvalue weighted by Gasteiger charge is 2.21. The maximum atomic E-state index is 5.42. The zero-order valence-electron chi connectivity index (χ0n) is 42.3. The molecule has 7 aliphatic rings. The van der Waals surface area contributed by atoms with Crippen molar-refractivity contribution in [2.75, 3.05) is 40.8 Å². The molecule has 0 spiro atoms. The number of aromatic nitrogens is 8. The third-order valence-electron chi connectivity index (χ3n) is 14.0. The van der Waals surface area contributed by atoms with Crippen molar-refractivity contribution in [2.45, 2.75) is 0 Å². The second-order valence-corrected chi connectivity index (χ2v) is 19.5. The fraction of sp³-hybridized carbons (Fsp3) is 0.0938. The van der Waals surface area contributed by atoms with Crippen LogP contribution in [-0.2, 0) is 0 Å². The van der Waals surface area contributed by atoms with Crippen LogP contribution in [0.1, 0.15) is 62.2 Å². The molecule has 7 aliphatic heterocycles. The smallest absolute Gasteiger partial charge is 0.0737 e. The number of rotatable bonds is 4. The summed E-state index contributed by atoms with van der Waals surface area (Å²) >= 11 is 0.